The molecule has 1 atom stereocenters. The first-order chi connectivity index (χ1) is 13.9. The minimum atomic E-state index is -0.377. The van der Waals surface area contributed by atoms with Gasteiger partial charge in [0.25, 0.3) is 5.56 Å². The van der Waals surface area contributed by atoms with E-state index in [4.69, 9.17) is 4.98 Å². The van der Waals surface area contributed by atoms with Gasteiger partial charge in [-0.15, -0.1) is 0 Å². The van der Waals surface area contributed by atoms with Gasteiger partial charge in [0.15, 0.2) is 5.16 Å². The summed E-state index contributed by atoms with van der Waals surface area (Å²) >= 11 is 1.34. The van der Waals surface area contributed by atoms with Gasteiger partial charge in [0, 0.05) is 11.7 Å². The Morgan fingerprint density at radius 2 is 1.79 bits per heavy atom. The number of rotatable bonds is 6. The Morgan fingerprint density at radius 3 is 2.45 bits per heavy atom. The van der Waals surface area contributed by atoms with Crippen LogP contribution in [-0.4, -0.2) is 20.7 Å². The minimum absolute atomic E-state index is 0.0162. The molecule has 0 spiro atoms. The van der Waals surface area contributed by atoms with E-state index in [0.717, 1.165) is 18.5 Å². The summed E-state index contributed by atoms with van der Waals surface area (Å²) in [5.74, 6) is 0.351. The van der Waals surface area contributed by atoms with Crippen LogP contribution in [0.25, 0.3) is 10.9 Å². The number of carbonyl (C=O) groups is 1. The second kappa shape index (κ2) is 8.03. The van der Waals surface area contributed by atoms with Crippen LogP contribution in [0.1, 0.15) is 51.1 Å². The molecule has 0 unspecified atom stereocenters. The van der Waals surface area contributed by atoms with Crippen LogP contribution in [0.15, 0.2) is 58.5 Å². The van der Waals surface area contributed by atoms with E-state index < -0.39 is 0 Å². The average Bonchev–Trinajstić information content (AvgIpc) is 3.53. The van der Waals surface area contributed by atoms with Crippen molar-refractivity contribution in [1.29, 1.82) is 0 Å². The lowest BCUT2D eigenvalue weighted by Gasteiger charge is -2.16. The molecule has 0 saturated heterocycles. The van der Waals surface area contributed by atoms with Crippen molar-refractivity contribution in [1.82, 2.24) is 9.55 Å². The van der Waals surface area contributed by atoms with Crippen LogP contribution < -0.4 is 10.9 Å². The third-order valence-corrected chi connectivity index (χ3v) is 6.25. The van der Waals surface area contributed by atoms with Crippen LogP contribution in [0, 0.1) is 0 Å². The van der Waals surface area contributed by atoms with Crippen molar-refractivity contribution in [3.63, 3.8) is 0 Å². The van der Waals surface area contributed by atoms with Crippen LogP contribution in [0.5, 0.6) is 0 Å². The predicted molar refractivity (Wildman–Crippen MR) is 119 cm³/mol. The van der Waals surface area contributed by atoms with E-state index in [2.05, 4.69) is 19.2 Å². The van der Waals surface area contributed by atoms with Crippen molar-refractivity contribution in [2.75, 3.05) is 5.32 Å². The molecule has 0 radical (unpaired) electrons. The maximum Gasteiger partial charge on any atom is 0.262 e. The first kappa shape index (κ1) is 19.7. The van der Waals surface area contributed by atoms with Gasteiger partial charge in [-0.05, 0) is 55.5 Å². The fraction of sp³-hybridized carbons (Fsp3) is 0.348. The van der Waals surface area contributed by atoms with Crippen molar-refractivity contribution >= 4 is 34.3 Å². The first-order valence-electron chi connectivity index (χ1n) is 10.0. The zero-order valence-electron chi connectivity index (χ0n) is 16.9. The highest BCUT2D eigenvalue weighted by Gasteiger charge is 2.30. The van der Waals surface area contributed by atoms with E-state index in [-0.39, 0.29) is 22.8 Å². The smallest absolute Gasteiger partial charge is 0.262 e. The Morgan fingerprint density at radius 1 is 1.10 bits per heavy atom. The fourth-order valence-corrected chi connectivity index (χ4v) is 4.25. The van der Waals surface area contributed by atoms with Crippen LogP contribution in [0.3, 0.4) is 0 Å². The van der Waals surface area contributed by atoms with Gasteiger partial charge in [0.05, 0.1) is 16.2 Å². The number of anilines is 1. The SMILES string of the molecule is CC(C)c1ccc(NC(=O)[C@@H](C)Sc2nc3ccccc3c(=O)n2C2CC2)cc1. The topological polar surface area (TPSA) is 64.0 Å². The minimum Gasteiger partial charge on any atom is -0.325 e. The summed E-state index contributed by atoms with van der Waals surface area (Å²) in [6.45, 7) is 6.13. The molecule has 1 amide bonds. The summed E-state index contributed by atoms with van der Waals surface area (Å²) in [7, 11) is 0. The highest BCUT2D eigenvalue weighted by Crippen LogP contribution is 2.37. The average molecular weight is 408 g/mol. The molecule has 1 aromatic heterocycles. The van der Waals surface area contributed by atoms with Gasteiger partial charge in [-0.3, -0.25) is 14.2 Å². The van der Waals surface area contributed by atoms with Gasteiger partial charge in [-0.2, -0.15) is 0 Å². The van der Waals surface area contributed by atoms with Gasteiger partial charge in [0.2, 0.25) is 5.91 Å². The number of nitrogens with zero attached hydrogens (tertiary/aromatic N) is 2. The van der Waals surface area contributed by atoms with E-state index in [9.17, 15) is 9.59 Å². The molecule has 1 N–H and O–H groups in total. The Balaban J connectivity index is 1.55. The molecular formula is C23H25N3O2S. The molecule has 1 fully saturated rings. The monoisotopic (exact) mass is 407 g/mol. The summed E-state index contributed by atoms with van der Waals surface area (Å²) in [4.78, 5) is 30.4. The lowest BCUT2D eigenvalue weighted by Crippen LogP contribution is -2.26. The van der Waals surface area contributed by atoms with E-state index >= 15 is 0 Å². The molecular weight excluding hydrogens is 382 g/mol. The zero-order chi connectivity index (χ0) is 20.5. The standard InChI is InChI=1S/C23H25N3O2S/c1-14(2)16-8-10-17(11-9-16)24-21(27)15(3)29-23-25-20-7-5-4-6-19(20)22(28)26(23)18-12-13-18/h4-11,14-15,18H,12-13H2,1-3H3,(H,24,27)/t15-/m1/s1. The summed E-state index contributed by atoms with van der Waals surface area (Å²) in [6, 6.07) is 15.5. The van der Waals surface area contributed by atoms with Crippen LogP contribution in [0.2, 0.25) is 0 Å². The molecule has 0 bridgehead atoms. The molecule has 1 saturated carbocycles. The molecule has 2 aromatic carbocycles. The normalized spacial score (nSPS) is 14.9. The van der Waals surface area contributed by atoms with Gasteiger partial charge in [-0.1, -0.05) is 49.9 Å². The highest BCUT2D eigenvalue weighted by molar-refractivity contribution is 8.00. The number of carbonyl (C=O) groups excluding carboxylic acids is 1. The maximum absolute atomic E-state index is 13.0. The van der Waals surface area contributed by atoms with Crippen molar-refractivity contribution in [3.8, 4) is 0 Å². The maximum atomic E-state index is 13.0. The molecule has 29 heavy (non-hydrogen) atoms. The van der Waals surface area contributed by atoms with Crippen molar-refractivity contribution in [3.05, 3.63) is 64.4 Å². The number of amides is 1. The summed E-state index contributed by atoms with van der Waals surface area (Å²) in [5, 5.41) is 3.84. The predicted octanol–water partition coefficient (Wildman–Crippen LogP) is 4.97. The largest absolute Gasteiger partial charge is 0.325 e. The molecule has 0 aliphatic heterocycles. The van der Waals surface area contributed by atoms with Gasteiger partial charge >= 0.3 is 0 Å². The number of nitrogens with one attached hydrogen (secondary N) is 1. The Hall–Kier alpha value is -2.60. The van der Waals surface area contributed by atoms with E-state index in [1.165, 1.54) is 17.3 Å². The van der Waals surface area contributed by atoms with Crippen molar-refractivity contribution in [2.24, 2.45) is 0 Å². The number of hydrogen-bond donors (Lipinski definition) is 1. The van der Waals surface area contributed by atoms with Crippen LogP contribution in [0.4, 0.5) is 5.69 Å². The van der Waals surface area contributed by atoms with Gasteiger partial charge < -0.3 is 5.32 Å². The molecule has 4 rings (SSSR count). The quantitative estimate of drug-likeness (QED) is 0.463. The van der Waals surface area contributed by atoms with Crippen LogP contribution >= 0.6 is 11.8 Å². The number of thioether (sulfide) groups is 1. The number of aromatic nitrogens is 2. The summed E-state index contributed by atoms with van der Waals surface area (Å²) in [5.41, 5.74) is 2.67. The molecule has 1 heterocycles. The molecule has 1 aliphatic carbocycles. The third-order valence-electron chi connectivity index (χ3n) is 5.18. The fourth-order valence-electron chi connectivity index (χ4n) is 3.27. The highest BCUT2D eigenvalue weighted by atomic mass is 32.2. The first-order valence-corrected chi connectivity index (χ1v) is 10.9. The second-order valence-electron chi connectivity index (χ2n) is 7.84. The zero-order valence-corrected chi connectivity index (χ0v) is 17.7. The lowest BCUT2D eigenvalue weighted by molar-refractivity contribution is -0.115. The van der Waals surface area contributed by atoms with E-state index in [1.54, 1.807) is 4.57 Å². The Labute approximate surface area is 174 Å². The number of benzene rings is 2. The van der Waals surface area contributed by atoms with Gasteiger partial charge in [-0.25, -0.2) is 4.98 Å². The third kappa shape index (κ3) is 4.22. The molecule has 3 aromatic rings. The molecule has 1 aliphatic rings. The molecule has 5 nitrogen and oxygen atoms in total. The Bertz CT molecular complexity index is 1100. The summed E-state index contributed by atoms with van der Waals surface area (Å²) in [6.07, 6.45) is 1.96. The number of para-hydroxylation sites is 1. The van der Waals surface area contributed by atoms with Crippen molar-refractivity contribution < 1.29 is 4.79 Å². The Kier molecular flexibility index (Phi) is 5.46. The van der Waals surface area contributed by atoms with Crippen LogP contribution in [-0.2, 0) is 4.79 Å². The lowest BCUT2D eigenvalue weighted by atomic mass is 10.0. The summed E-state index contributed by atoms with van der Waals surface area (Å²) < 4.78 is 1.77. The molecule has 6 heteroatoms. The second-order valence-corrected chi connectivity index (χ2v) is 9.15. The number of fused-ring (bicyclic) bond motifs is 1. The van der Waals surface area contributed by atoms with Crippen molar-refractivity contribution in [2.45, 2.75) is 56.0 Å². The van der Waals surface area contributed by atoms with E-state index in [1.807, 2.05) is 55.5 Å². The molecule has 150 valence electrons. The van der Waals surface area contributed by atoms with Gasteiger partial charge in [0.1, 0.15) is 0 Å². The number of hydrogen-bond acceptors (Lipinski definition) is 4. The van der Waals surface area contributed by atoms with E-state index in [0.29, 0.717) is 22.0 Å².